The fourth-order valence-corrected chi connectivity index (χ4v) is 4.26. The lowest BCUT2D eigenvalue weighted by Gasteiger charge is -2.35. The largest absolute Gasteiger partial charge is 0.411 e. The zero-order valence-electron chi connectivity index (χ0n) is 17.3. The van der Waals surface area contributed by atoms with Gasteiger partial charge in [-0.05, 0) is 31.5 Å². The Morgan fingerprint density at radius 3 is 2.43 bits per heavy atom. The van der Waals surface area contributed by atoms with Crippen molar-refractivity contribution >= 4 is 17.7 Å². The first-order valence-electron chi connectivity index (χ1n) is 10.2. The highest BCUT2D eigenvalue weighted by molar-refractivity contribution is 8.00. The van der Waals surface area contributed by atoms with Crippen molar-refractivity contribution in [2.75, 3.05) is 26.2 Å². The third kappa shape index (κ3) is 5.09. The number of carbonyl (C=O) groups is 1. The number of hydrogen-bond acceptors (Lipinski definition) is 6. The number of thioether (sulfide) groups is 1. The molecule has 1 aliphatic heterocycles. The van der Waals surface area contributed by atoms with E-state index in [4.69, 9.17) is 4.42 Å². The van der Waals surface area contributed by atoms with Crippen molar-refractivity contribution in [3.63, 3.8) is 0 Å². The Morgan fingerprint density at radius 2 is 1.73 bits per heavy atom. The molecule has 0 saturated carbocycles. The standard InChI is InChI=1S/C23H26N4O2S/c1-17-8-10-20(11-9-17)21-24-25-23(29-21)30-18(2)22(28)27-14-12-26(13-15-27)16-19-6-4-3-5-7-19/h3-11,18H,12-16H2,1-2H3/t18-/m1/s1. The van der Waals surface area contributed by atoms with E-state index < -0.39 is 0 Å². The topological polar surface area (TPSA) is 62.5 Å². The molecule has 0 radical (unpaired) electrons. The average molecular weight is 423 g/mol. The Labute approximate surface area is 181 Å². The molecule has 0 N–H and O–H groups in total. The van der Waals surface area contributed by atoms with Crippen molar-refractivity contribution < 1.29 is 9.21 Å². The molecular weight excluding hydrogens is 396 g/mol. The van der Waals surface area contributed by atoms with Crippen LogP contribution in [-0.4, -0.2) is 57.3 Å². The van der Waals surface area contributed by atoms with Gasteiger partial charge in [0.1, 0.15) is 0 Å². The number of rotatable bonds is 6. The van der Waals surface area contributed by atoms with Gasteiger partial charge >= 0.3 is 0 Å². The van der Waals surface area contributed by atoms with Crippen LogP contribution in [0.4, 0.5) is 0 Å². The summed E-state index contributed by atoms with van der Waals surface area (Å²) in [5.74, 6) is 0.598. The Hall–Kier alpha value is -2.64. The molecule has 1 aliphatic rings. The number of carbonyl (C=O) groups excluding carboxylic acids is 1. The molecule has 2 heterocycles. The minimum Gasteiger partial charge on any atom is -0.411 e. The highest BCUT2D eigenvalue weighted by Gasteiger charge is 2.27. The Morgan fingerprint density at radius 1 is 1.03 bits per heavy atom. The van der Waals surface area contributed by atoms with E-state index >= 15 is 0 Å². The van der Waals surface area contributed by atoms with Crippen molar-refractivity contribution in [2.24, 2.45) is 0 Å². The zero-order valence-corrected chi connectivity index (χ0v) is 18.1. The first-order valence-corrected chi connectivity index (χ1v) is 11.1. The summed E-state index contributed by atoms with van der Waals surface area (Å²) in [6.45, 7) is 8.13. The van der Waals surface area contributed by atoms with Gasteiger partial charge in [-0.1, -0.05) is 59.8 Å². The van der Waals surface area contributed by atoms with Crippen LogP contribution in [0.15, 0.2) is 64.2 Å². The molecule has 1 saturated heterocycles. The Balaban J connectivity index is 1.29. The van der Waals surface area contributed by atoms with Gasteiger partial charge in [0.15, 0.2) is 0 Å². The smallest absolute Gasteiger partial charge is 0.277 e. The molecule has 6 nitrogen and oxygen atoms in total. The predicted molar refractivity (Wildman–Crippen MR) is 118 cm³/mol. The van der Waals surface area contributed by atoms with Crippen molar-refractivity contribution in [1.29, 1.82) is 0 Å². The van der Waals surface area contributed by atoms with Crippen molar-refractivity contribution in [3.8, 4) is 11.5 Å². The molecule has 3 aromatic rings. The second-order valence-corrected chi connectivity index (χ2v) is 8.88. The lowest BCUT2D eigenvalue weighted by molar-refractivity contribution is -0.132. The van der Waals surface area contributed by atoms with Crippen LogP contribution >= 0.6 is 11.8 Å². The van der Waals surface area contributed by atoms with Crippen molar-refractivity contribution in [3.05, 3.63) is 65.7 Å². The van der Waals surface area contributed by atoms with Gasteiger partial charge in [-0.15, -0.1) is 10.2 Å². The highest BCUT2D eigenvalue weighted by atomic mass is 32.2. The molecule has 1 aromatic heterocycles. The average Bonchev–Trinajstić information content (AvgIpc) is 3.23. The van der Waals surface area contributed by atoms with Gasteiger partial charge in [-0.3, -0.25) is 9.69 Å². The van der Waals surface area contributed by atoms with E-state index in [-0.39, 0.29) is 11.2 Å². The summed E-state index contributed by atoms with van der Waals surface area (Å²) in [4.78, 5) is 17.2. The zero-order chi connectivity index (χ0) is 20.9. The quantitative estimate of drug-likeness (QED) is 0.562. The Kier molecular flexibility index (Phi) is 6.50. The molecule has 0 unspecified atom stereocenters. The number of benzene rings is 2. The number of aryl methyl sites for hydroxylation is 1. The predicted octanol–water partition coefficient (Wildman–Crippen LogP) is 3.87. The Bertz CT molecular complexity index is 966. The summed E-state index contributed by atoms with van der Waals surface area (Å²) >= 11 is 1.32. The lowest BCUT2D eigenvalue weighted by Crippen LogP contribution is -2.50. The lowest BCUT2D eigenvalue weighted by atomic mass is 10.1. The van der Waals surface area contributed by atoms with E-state index in [0.717, 1.165) is 38.3 Å². The highest BCUT2D eigenvalue weighted by Crippen LogP contribution is 2.27. The third-order valence-electron chi connectivity index (χ3n) is 5.26. The normalized spacial score (nSPS) is 15.9. The molecule has 1 atom stereocenters. The molecule has 7 heteroatoms. The molecule has 30 heavy (non-hydrogen) atoms. The van der Waals surface area contributed by atoms with Crippen LogP contribution in [0, 0.1) is 6.92 Å². The molecule has 4 rings (SSSR count). The fraction of sp³-hybridized carbons (Fsp3) is 0.348. The maximum Gasteiger partial charge on any atom is 0.277 e. The maximum atomic E-state index is 12.9. The fourth-order valence-electron chi connectivity index (χ4n) is 3.50. The van der Waals surface area contributed by atoms with Gasteiger partial charge in [-0.25, -0.2) is 0 Å². The van der Waals surface area contributed by atoms with Crippen LogP contribution in [0.5, 0.6) is 0 Å². The van der Waals surface area contributed by atoms with E-state index in [1.165, 1.54) is 22.9 Å². The van der Waals surface area contributed by atoms with E-state index in [2.05, 4.69) is 39.4 Å². The van der Waals surface area contributed by atoms with Gasteiger partial charge in [0.25, 0.3) is 5.22 Å². The van der Waals surface area contributed by atoms with Crippen LogP contribution < -0.4 is 0 Å². The molecule has 1 fully saturated rings. The minimum atomic E-state index is -0.267. The van der Waals surface area contributed by atoms with Crippen molar-refractivity contribution in [1.82, 2.24) is 20.0 Å². The number of amides is 1. The molecule has 0 spiro atoms. The van der Waals surface area contributed by atoms with Gasteiger partial charge in [-0.2, -0.15) is 0 Å². The summed E-state index contributed by atoms with van der Waals surface area (Å²) in [5.41, 5.74) is 3.37. The van der Waals surface area contributed by atoms with Gasteiger partial charge in [0, 0.05) is 38.3 Å². The summed E-state index contributed by atoms with van der Waals surface area (Å²) in [6.07, 6.45) is 0. The second kappa shape index (κ2) is 9.45. The van der Waals surface area contributed by atoms with Crippen LogP contribution in [-0.2, 0) is 11.3 Å². The maximum absolute atomic E-state index is 12.9. The van der Waals surface area contributed by atoms with E-state index in [1.807, 2.05) is 49.1 Å². The molecule has 0 bridgehead atoms. The summed E-state index contributed by atoms with van der Waals surface area (Å²) in [7, 11) is 0. The monoisotopic (exact) mass is 422 g/mol. The van der Waals surface area contributed by atoms with Crippen LogP contribution in [0.1, 0.15) is 18.1 Å². The van der Waals surface area contributed by atoms with Crippen LogP contribution in [0.2, 0.25) is 0 Å². The summed E-state index contributed by atoms with van der Waals surface area (Å²) < 4.78 is 5.76. The molecule has 1 amide bonds. The van der Waals surface area contributed by atoms with Crippen molar-refractivity contribution in [2.45, 2.75) is 30.9 Å². The number of hydrogen-bond donors (Lipinski definition) is 0. The SMILES string of the molecule is Cc1ccc(-c2nnc(S[C@H](C)C(=O)N3CCN(Cc4ccccc4)CC3)o2)cc1. The van der Waals surface area contributed by atoms with E-state index in [1.54, 1.807) is 0 Å². The molecule has 2 aromatic carbocycles. The molecular formula is C23H26N4O2S. The second-order valence-electron chi connectivity index (χ2n) is 7.59. The van der Waals surface area contributed by atoms with Gasteiger partial charge < -0.3 is 9.32 Å². The number of piperazine rings is 1. The minimum absolute atomic E-state index is 0.120. The van der Waals surface area contributed by atoms with Gasteiger partial charge in [0.2, 0.25) is 11.8 Å². The molecule has 0 aliphatic carbocycles. The first-order chi connectivity index (χ1) is 14.6. The number of nitrogens with zero attached hydrogens (tertiary/aromatic N) is 4. The van der Waals surface area contributed by atoms with E-state index in [0.29, 0.717) is 11.1 Å². The third-order valence-corrected chi connectivity index (χ3v) is 6.19. The summed E-state index contributed by atoms with van der Waals surface area (Å²) in [6, 6.07) is 18.4. The van der Waals surface area contributed by atoms with E-state index in [9.17, 15) is 4.79 Å². The first kappa shape index (κ1) is 20.6. The summed E-state index contributed by atoms with van der Waals surface area (Å²) in [5, 5.41) is 8.39. The van der Waals surface area contributed by atoms with Gasteiger partial charge in [0.05, 0.1) is 5.25 Å². The van der Waals surface area contributed by atoms with Crippen LogP contribution in [0.3, 0.4) is 0 Å². The number of aromatic nitrogens is 2. The molecule has 156 valence electrons. The van der Waals surface area contributed by atoms with Crippen LogP contribution in [0.25, 0.3) is 11.5 Å².